The third-order valence-electron chi connectivity index (χ3n) is 3.71. The number of carbonyl (C=O) groups is 1. The molecular weight excluding hydrogens is 357 g/mol. The molecular formula is C18H12FN3O3S. The zero-order chi connectivity index (χ0) is 18.1. The topological polar surface area (TPSA) is 89.1 Å². The average Bonchev–Trinajstić information content (AvgIpc) is 3.20. The third-order valence-corrected chi connectivity index (χ3v) is 4.73. The van der Waals surface area contributed by atoms with Crippen LogP contribution in [0.3, 0.4) is 0 Å². The molecule has 26 heavy (non-hydrogen) atoms. The van der Waals surface area contributed by atoms with Gasteiger partial charge < -0.3 is 9.52 Å². The zero-order valence-electron chi connectivity index (χ0n) is 13.3. The molecule has 0 aliphatic carbocycles. The fourth-order valence-electron chi connectivity index (χ4n) is 2.65. The molecule has 0 amide bonds. The molecule has 0 spiro atoms. The molecule has 0 radical (unpaired) electrons. The van der Waals surface area contributed by atoms with Crippen molar-refractivity contribution in [2.24, 2.45) is 0 Å². The van der Waals surface area contributed by atoms with Gasteiger partial charge in [0.25, 0.3) is 0 Å². The molecule has 0 saturated heterocycles. The first-order chi connectivity index (χ1) is 12.6. The van der Waals surface area contributed by atoms with Crippen molar-refractivity contribution >= 4 is 27.5 Å². The van der Waals surface area contributed by atoms with Gasteiger partial charge in [-0.05, 0) is 23.8 Å². The number of benzene rings is 2. The van der Waals surface area contributed by atoms with Crippen molar-refractivity contribution in [3.05, 3.63) is 65.1 Å². The highest BCUT2D eigenvalue weighted by molar-refractivity contribution is 7.18. The largest absolute Gasteiger partial charge is 0.481 e. The van der Waals surface area contributed by atoms with Crippen molar-refractivity contribution in [1.29, 1.82) is 0 Å². The van der Waals surface area contributed by atoms with Crippen LogP contribution in [0.2, 0.25) is 0 Å². The molecule has 0 atom stereocenters. The van der Waals surface area contributed by atoms with Crippen LogP contribution in [-0.4, -0.2) is 26.3 Å². The predicted molar refractivity (Wildman–Crippen MR) is 93.5 cm³/mol. The summed E-state index contributed by atoms with van der Waals surface area (Å²) >= 11 is 1.48. The van der Waals surface area contributed by atoms with Crippen molar-refractivity contribution in [2.75, 3.05) is 0 Å². The van der Waals surface area contributed by atoms with Crippen LogP contribution < -0.4 is 0 Å². The molecule has 0 unspecified atom stereocenters. The van der Waals surface area contributed by atoms with Crippen LogP contribution >= 0.6 is 11.3 Å². The standard InChI is InChI=1S/C18H12FN3O3S/c19-11-4-1-3-10(7-11)12-5-2-6-13-18(12)20-16(26-13)8-14-21-22-15(25-14)9-17(23)24/h1-7H,8-9H2,(H,23,24). The molecule has 0 aliphatic rings. The highest BCUT2D eigenvalue weighted by Crippen LogP contribution is 2.32. The van der Waals surface area contributed by atoms with Gasteiger partial charge in [-0.3, -0.25) is 4.79 Å². The van der Waals surface area contributed by atoms with Crippen molar-refractivity contribution in [3.63, 3.8) is 0 Å². The van der Waals surface area contributed by atoms with Gasteiger partial charge in [0.2, 0.25) is 11.8 Å². The lowest BCUT2D eigenvalue weighted by molar-refractivity contribution is -0.136. The summed E-state index contributed by atoms with van der Waals surface area (Å²) in [4.78, 5) is 15.3. The molecule has 4 rings (SSSR count). The fourth-order valence-corrected chi connectivity index (χ4v) is 3.63. The van der Waals surface area contributed by atoms with E-state index in [1.807, 2.05) is 24.3 Å². The molecule has 2 heterocycles. The van der Waals surface area contributed by atoms with E-state index in [1.54, 1.807) is 6.07 Å². The van der Waals surface area contributed by atoms with Gasteiger partial charge in [0.1, 0.15) is 17.2 Å². The van der Waals surface area contributed by atoms with E-state index in [0.29, 0.717) is 12.3 Å². The Bertz CT molecular complexity index is 1110. The molecule has 2 aromatic heterocycles. The number of aliphatic carboxylic acids is 1. The number of nitrogens with zero attached hydrogens (tertiary/aromatic N) is 3. The monoisotopic (exact) mass is 369 g/mol. The third kappa shape index (κ3) is 3.31. The summed E-state index contributed by atoms with van der Waals surface area (Å²) in [7, 11) is 0. The van der Waals surface area contributed by atoms with E-state index >= 15 is 0 Å². The number of carboxylic acid groups (broad SMARTS) is 1. The minimum atomic E-state index is -1.03. The maximum atomic E-state index is 13.6. The highest BCUT2D eigenvalue weighted by Gasteiger charge is 2.14. The summed E-state index contributed by atoms with van der Waals surface area (Å²) in [6, 6.07) is 12.1. The minimum Gasteiger partial charge on any atom is -0.481 e. The SMILES string of the molecule is O=C(O)Cc1nnc(Cc2nc3c(-c4cccc(F)c4)cccc3s2)o1. The molecule has 0 saturated carbocycles. The molecule has 130 valence electrons. The molecule has 2 aromatic carbocycles. The van der Waals surface area contributed by atoms with Gasteiger partial charge in [-0.15, -0.1) is 21.5 Å². The second-order valence-corrected chi connectivity index (χ2v) is 6.72. The lowest BCUT2D eigenvalue weighted by Gasteiger charge is -2.02. The van der Waals surface area contributed by atoms with Crippen LogP contribution in [0.5, 0.6) is 0 Å². The van der Waals surface area contributed by atoms with Gasteiger partial charge in [-0.25, -0.2) is 9.37 Å². The number of aromatic nitrogens is 3. The Hall–Kier alpha value is -3.13. The number of fused-ring (bicyclic) bond motifs is 1. The number of rotatable bonds is 5. The Kier molecular flexibility index (Phi) is 4.18. The maximum Gasteiger partial charge on any atom is 0.312 e. The highest BCUT2D eigenvalue weighted by atomic mass is 32.1. The Morgan fingerprint density at radius 3 is 2.77 bits per heavy atom. The van der Waals surface area contributed by atoms with Crippen molar-refractivity contribution in [1.82, 2.24) is 15.2 Å². The Balaban J connectivity index is 1.67. The van der Waals surface area contributed by atoms with Crippen LogP contribution in [0, 0.1) is 5.82 Å². The van der Waals surface area contributed by atoms with Gasteiger partial charge in [0.15, 0.2) is 0 Å². The first kappa shape index (κ1) is 16.3. The first-order valence-corrected chi connectivity index (χ1v) is 8.57. The number of halogens is 1. The number of hydrogen-bond acceptors (Lipinski definition) is 6. The van der Waals surface area contributed by atoms with Crippen LogP contribution in [0.1, 0.15) is 16.8 Å². The molecule has 1 N–H and O–H groups in total. The van der Waals surface area contributed by atoms with Crippen LogP contribution in [0.4, 0.5) is 4.39 Å². The summed E-state index contributed by atoms with van der Waals surface area (Å²) in [5, 5.41) is 17.1. The zero-order valence-corrected chi connectivity index (χ0v) is 14.2. The van der Waals surface area contributed by atoms with Gasteiger partial charge in [0.05, 0.1) is 16.6 Å². The van der Waals surface area contributed by atoms with E-state index in [0.717, 1.165) is 26.4 Å². The summed E-state index contributed by atoms with van der Waals surface area (Å²) in [6.07, 6.45) is 0.00508. The normalized spacial score (nSPS) is 11.1. The van der Waals surface area contributed by atoms with Gasteiger partial charge in [-0.1, -0.05) is 24.3 Å². The van der Waals surface area contributed by atoms with E-state index in [4.69, 9.17) is 9.52 Å². The molecule has 0 aliphatic heterocycles. The summed E-state index contributed by atoms with van der Waals surface area (Å²) in [6.45, 7) is 0. The van der Waals surface area contributed by atoms with Gasteiger partial charge >= 0.3 is 5.97 Å². The Labute approximate surface area is 151 Å². The minimum absolute atomic E-state index is 0.0639. The average molecular weight is 369 g/mol. The number of carboxylic acids is 1. The number of para-hydroxylation sites is 1. The van der Waals surface area contributed by atoms with Crippen molar-refractivity contribution in [2.45, 2.75) is 12.8 Å². The van der Waals surface area contributed by atoms with Crippen LogP contribution in [0.15, 0.2) is 46.9 Å². The summed E-state index contributed by atoms with van der Waals surface area (Å²) < 4.78 is 19.9. The van der Waals surface area contributed by atoms with E-state index in [2.05, 4.69) is 15.2 Å². The molecule has 0 bridgehead atoms. The Morgan fingerprint density at radius 2 is 1.96 bits per heavy atom. The molecule has 8 heteroatoms. The van der Waals surface area contributed by atoms with Crippen LogP contribution in [0.25, 0.3) is 21.3 Å². The second kappa shape index (κ2) is 6.64. The maximum absolute atomic E-state index is 13.6. The van der Waals surface area contributed by atoms with E-state index < -0.39 is 5.97 Å². The number of hydrogen-bond donors (Lipinski definition) is 1. The molecule has 0 fully saturated rings. The van der Waals surface area contributed by atoms with E-state index in [1.165, 1.54) is 23.5 Å². The van der Waals surface area contributed by atoms with Crippen molar-refractivity contribution in [3.8, 4) is 11.1 Å². The fraction of sp³-hybridized carbons (Fsp3) is 0.111. The Morgan fingerprint density at radius 1 is 1.15 bits per heavy atom. The quantitative estimate of drug-likeness (QED) is 0.577. The summed E-state index contributed by atoms with van der Waals surface area (Å²) in [5.74, 6) is -0.951. The smallest absolute Gasteiger partial charge is 0.312 e. The van der Waals surface area contributed by atoms with E-state index in [-0.39, 0.29) is 18.1 Å². The predicted octanol–water partition coefficient (Wildman–Crippen LogP) is 3.70. The second-order valence-electron chi connectivity index (χ2n) is 5.61. The lowest BCUT2D eigenvalue weighted by Crippen LogP contribution is -1.99. The van der Waals surface area contributed by atoms with Gasteiger partial charge in [0, 0.05) is 5.56 Å². The van der Waals surface area contributed by atoms with Gasteiger partial charge in [-0.2, -0.15) is 0 Å². The molecule has 6 nitrogen and oxygen atoms in total. The van der Waals surface area contributed by atoms with Crippen LogP contribution in [-0.2, 0) is 17.6 Å². The summed E-state index contributed by atoms with van der Waals surface area (Å²) in [5.41, 5.74) is 2.39. The number of thiazole rings is 1. The first-order valence-electron chi connectivity index (χ1n) is 7.76. The molecule has 4 aromatic rings. The van der Waals surface area contributed by atoms with Crippen molar-refractivity contribution < 1.29 is 18.7 Å². The van der Waals surface area contributed by atoms with E-state index in [9.17, 15) is 9.18 Å². The lowest BCUT2D eigenvalue weighted by atomic mass is 10.0.